The lowest BCUT2D eigenvalue weighted by molar-refractivity contribution is 0.320. The van der Waals surface area contributed by atoms with Gasteiger partial charge in [-0.3, -0.25) is 0 Å². The summed E-state index contributed by atoms with van der Waals surface area (Å²) in [5.74, 6) is 4.47. The van der Waals surface area contributed by atoms with Crippen LogP contribution in [0.5, 0.6) is 5.88 Å². The van der Waals surface area contributed by atoms with Gasteiger partial charge in [-0.2, -0.15) is 16.1 Å². The van der Waals surface area contributed by atoms with E-state index in [0.717, 1.165) is 12.4 Å². The van der Waals surface area contributed by atoms with Crippen molar-refractivity contribution in [1.82, 2.24) is 9.97 Å². The van der Waals surface area contributed by atoms with Crippen molar-refractivity contribution in [1.29, 1.82) is 5.26 Å². The van der Waals surface area contributed by atoms with Crippen LogP contribution in [0.25, 0.3) is 0 Å². The first-order chi connectivity index (χ1) is 9.15. The lowest BCUT2D eigenvalue weighted by Gasteiger charge is -2.09. The van der Waals surface area contributed by atoms with Crippen LogP contribution in [0.3, 0.4) is 0 Å². The third kappa shape index (κ3) is 2.70. The Hall–Kier alpha value is -2.43. The largest absolute Gasteiger partial charge is 0.389 e. The van der Waals surface area contributed by atoms with Crippen LogP contribution in [0.2, 0.25) is 5.02 Å². The van der Waals surface area contributed by atoms with Crippen molar-refractivity contribution in [3.05, 3.63) is 40.9 Å². The van der Waals surface area contributed by atoms with E-state index in [-0.39, 0.29) is 28.0 Å². The Labute approximate surface area is 112 Å². The summed E-state index contributed by atoms with van der Waals surface area (Å²) in [6.07, 6.45) is 1.16. The van der Waals surface area contributed by atoms with Crippen LogP contribution in [-0.4, -0.2) is 9.97 Å². The maximum Gasteiger partial charge on any atom is 0.261 e. The average molecular weight is 280 g/mol. The van der Waals surface area contributed by atoms with Gasteiger partial charge in [-0.25, -0.2) is 9.37 Å². The van der Waals surface area contributed by atoms with E-state index < -0.39 is 5.82 Å². The number of hydrogen-bond donors (Lipinski definition) is 2. The number of benzene rings is 1. The molecule has 2 aromatic rings. The first kappa shape index (κ1) is 13.0. The van der Waals surface area contributed by atoms with E-state index in [0.29, 0.717) is 0 Å². The van der Waals surface area contributed by atoms with Gasteiger partial charge in [0, 0.05) is 0 Å². The predicted octanol–water partition coefficient (Wildman–Crippen LogP) is 2.14. The summed E-state index contributed by atoms with van der Waals surface area (Å²) < 4.78 is 13.7. The molecule has 0 saturated carbocycles. The van der Waals surface area contributed by atoms with Crippen LogP contribution in [0.1, 0.15) is 5.56 Å². The molecule has 0 radical (unpaired) electrons. The zero-order valence-electron chi connectivity index (χ0n) is 9.39. The number of nitrogens with zero attached hydrogens (tertiary/aromatic N) is 3. The number of nitriles is 1. The van der Waals surface area contributed by atoms with E-state index >= 15 is 0 Å². The van der Waals surface area contributed by atoms with Crippen LogP contribution in [0.4, 0.5) is 15.9 Å². The van der Waals surface area contributed by atoms with Gasteiger partial charge in [0.05, 0.1) is 17.3 Å². The summed E-state index contributed by atoms with van der Waals surface area (Å²) >= 11 is 5.90. The molecule has 19 heavy (non-hydrogen) atoms. The standard InChI is InChI=1S/C11H7ClFN5O/c12-9-10(16-5-17-11(9)19-15)18-8-2-1-6(4-14)3-7(8)13/h1-3,5H,15H2,(H,16,17,18). The van der Waals surface area contributed by atoms with Crippen LogP contribution in [-0.2, 0) is 0 Å². The van der Waals surface area contributed by atoms with Gasteiger partial charge in [-0.1, -0.05) is 11.6 Å². The van der Waals surface area contributed by atoms with Crippen LogP contribution in [0.15, 0.2) is 24.5 Å². The van der Waals surface area contributed by atoms with Crippen molar-refractivity contribution < 1.29 is 9.23 Å². The molecule has 1 aromatic heterocycles. The van der Waals surface area contributed by atoms with Crippen LogP contribution >= 0.6 is 11.6 Å². The zero-order valence-corrected chi connectivity index (χ0v) is 10.1. The second kappa shape index (κ2) is 5.48. The second-order valence-corrected chi connectivity index (χ2v) is 3.77. The minimum absolute atomic E-state index is 0.0220. The highest BCUT2D eigenvalue weighted by Gasteiger charge is 2.12. The SMILES string of the molecule is N#Cc1ccc(Nc2ncnc(ON)c2Cl)c(F)c1. The quantitative estimate of drug-likeness (QED) is 0.836. The number of rotatable bonds is 3. The normalized spacial score (nSPS) is 9.79. The molecule has 0 unspecified atom stereocenters. The Morgan fingerprint density at radius 2 is 2.21 bits per heavy atom. The maximum absolute atomic E-state index is 13.7. The van der Waals surface area contributed by atoms with E-state index in [2.05, 4.69) is 20.1 Å². The molecular formula is C11H7ClFN5O. The highest BCUT2D eigenvalue weighted by atomic mass is 35.5. The lowest BCUT2D eigenvalue weighted by Crippen LogP contribution is -2.06. The molecule has 1 aromatic carbocycles. The van der Waals surface area contributed by atoms with Crippen molar-refractivity contribution in [2.45, 2.75) is 0 Å². The zero-order chi connectivity index (χ0) is 13.8. The molecule has 3 N–H and O–H groups in total. The summed E-state index contributed by atoms with van der Waals surface area (Å²) in [7, 11) is 0. The van der Waals surface area contributed by atoms with Crippen molar-refractivity contribution in [3.63, 3.8) is 0 Å². The van der Waals surface area contributed by atoms with E-state index in [1.165, 1.54) is 12.1 Å². The molecule has 0 fully saturated rings. The van der Waals surface area contributed by atoms with Crippen LogP contribution in [0, 0.1) is 17.1 Å². The Bertz CT molecular complexity index is 658. The molecule has 1 heterocycles. The van der Waals surface area contributed by atoms with Crippen molar-refractivity contribution >= 4 is 23.1 Å². The fraction of sp³-hybridized carbons (Fsp3) is 0. The molecule has 8 heteroatoms. The Balaban J connectivity index is 2.34. The fourth-order valence-electron chi connectivity index (χ4n) is 1.34. The molecule has 0 bridgehead atoms. The van der Waals surface area contributed by atoms with Gasteiger partial charge < -0.3 is 10.2 Å². The highest BCUT2D eigenvalue weighted by molar-refractivity contribution is 6.34. The second-order valence-electron chi connectivity index (χ2n) is 3.39. The predicted molar refractivity (Wildman–Crippen MR) is 66.3 cm³/mol. The third-order valence-electron chi connectivity index (χ3n) is 2.22. The molecule has 6 nitrogen and oxygen atoms in total. The Kier molecular flexibility index (Phi) is 3.75. The highest BCUT2D eigenvalue weighted by Crippen LogP contribution is 2.30. The van der Waals surface area contributed by atoms with Crippen molar-refractivity contribution in [2.75, 3.05) is 5.32 Å². The topological polar surface area (TPSA) is 96.8 Å². The molecule has 0 aliphatic rings. The van der Waals surface area contributed by atoms with Crippen molar-refractivity contribution in [3.8, 4) is 11.9 Å². The summed E-state index contributed by atoms with van der Waals surface area (Å²) in [6.45, 7) is 0. The number of hydrogen-bond acceptors (Lipinski definition) is 6. The Morgan fingerprint density at radius 1 is 1.42 bits per heavy atom. The van der Waals surface area contributed by atoms with Gasteiger partial charge in [-0.15, -0.1) is 0 Å². The molecule has 0 amide bonds. The van der Waals surface area contributed by atoms with Gasteiger partial charge in [0.2, 0.25) is 0 Å². The van der Waals surface area contributed by atoms with E-state index in [1.54, 1.807) is 0 Å². The average Bonchev–Trinajstić information content (AvgIpc) is 2.43. The van der Waals surface area contributed by atoms with E-state index in [1.807, 2.05) is 6.07 Å². The fourth-order valence-corrected chi connectivity index (χ4v) is 1.53. The summed E-state index contributed by atoms with van der Waals surface area (Å²) in [5.41, 5.74) is 0.324. The van der Waals surface area contributed by atoms with E-state index in [9.17, 15) is 4.39 Å². The van der Waals surface area contributed by atoms with Crippen LogP contribution < -0.4 is 16.1 Å². The molecule has 0 aliphatic heterocycles. The maximum atomic E-state index is 13.7. The number of nitrogens with one attached hydrogen (secondary N) is 1. The minimum atomic E-state index is -0.607. The smallest absolute Gasteiger partial charge is 0.261 e. The number of anilines is 2. The number of halogens is 2. The minimum Gasteiger partial charge on any atom is -0.389 e. The summed E-state index contributed by atoms with van der Waals surface area (Å²) in [6, 6.07) is 5.78. The lowest BCUT2D eigenvalue weighted by atomic mass is 10.2. The Morgan fingerprint density at radius 3 is 2.84 bits per heavy atom. The third-order valence-corrected chi connectivity index (χ3v) is 2.56. The summed E-state index contributed by atoms with van der Waals surface area (Å²) in [5, 5.41) is 11.3. The van der Waals surface area contributed by atoms with Gasteiger partial charge in [0.1, 0.15) is 17.2 Å². The number of nitrogens with two attached hydrogens (primary N) is 1. The molecule has 0 saturated heterocycles. The van der Waals surface area contributed by atoms with Gasteiger partial charge in [0.25, 0.3) is 5.88 Å². The van der Waals surface area contributed by atoms with E-state index in [4.69, 9.17) is 22.8 Å². The van der Waals surface area contributed by atoms with Gasteiger partial charge >= 0.3 is 0 Å². The molecule has 0 spiro atoms. The number of aromatic nitrogens is 2. The molecule has 0 atom stereocenters. The first-order valence-electron chi connectivity index (χ1n) is 4.99. The molecule has 0 aliphatic carbocycles. The van der Waals surface area contributed by atoms with Gasteiger partial charge in [-0.05, 0) is 18.2 Å². The molecular weight excluding hydrogens is 273 g/mol. The first-order valence-corrected chi connectivity index (χ1v) is 5.37. The summed E-state index contributed by atoms with van der Waals surface area (Å²) in [4.78, 5) is 12.0. The van der Waals surface area contributed by atoms with Gasteiger partial charge in [0.15, 0.2) is 5.82 Å². The molecule has 96 valence electrons. The monoisotopic (exact) mass is 279 g/mol. The van der Waals surface area contributed by atoms with Crippen molar-refractivity contribution in [2.24, 2.45) is 5.90 Å². The molecule has 2 rings (SSSR count).